The fraction of sp³-hybridized carbons (Fsp3) is 0.227. The SMILES string of the molecule is CN(CC(=O)Nc1ccccc1C(=O)Nc1ccc(Cl)cc1)Cc1nccn1CC(F)(F)F. The van der Waals surface area contributed by atoms with Crippen LogP contribution in [0.2, 0.25) is 5.02 Å². The number of likely N-dealkylation sites (N-methyl/N-ethyl adjacent to an activating group) is 1. The molecule has 0 aliphatic heterocycles. The molecule has 0 spiro atoms. The number of anilines is 2. The minimum absolute atomic E-state index is 0.0369. The molecule has 3 aromatic rings. The lowest BCUT2D eigenvalue weighted by Crippen LogP contribution is -2.32. The van der Waals surface area contributed by atoms with Gasteiger partial charge in [0.05, 0.1) is 24.3 Å². The Morgan fingerprint density at radius 3 is 2.48 bits per heavy atom. The lowest BCUT2D eigenvalue weighted by Gasteiger charge is -2.18. The van der Waals surface area contributed by atoms with E-state index < -0.39 is 24.5 Å². The first-order chi connectivity index (χ1) is 15.6. The van der Waals surface area contributed by atoms with Gasteiger partial charge >= 0.3 is 6.18 Å². The second-order valence-corrected chi connectivity index (χ2v) is 7.75. The van der Waals surface area contributed by atoms with Crippen molar-refractivity contribution in [1.82, 2.24) is 14.5 Å². The van der Waals surface area contributed by atoms with Gasteiger partial charge in [-0.1, -0.05) is 23.7 Å². The van der Waals surface area contributed by atoms with Crippen LogP contribution in [0.4, 0.5) is 24.5 Å². The van der Waals surface area contributed by atoms with Crippen LogP contribution < -0.4 is 10.6 Å². The van der Waals surface area contributed by atoms with Crippen molar-refractivity contribution in [2.24, 2.45) is 0 Å². The van der Waals surface area contributed by atoms with Crippen LogP contribution in [-0.2, 0) is 17.9 Å². The number of nitrogens with one attached hydrogen (secondary N) is 2. The quantitative estimate of drug-likeness (QED) is 0.501. The van der Waals surface area contributed by atoms with E-state index in [9.17, 15) is 22.8 Å². The van der Waals surface area contributed by atoms with E-state index in [1.54, 1.807) is 55.6 Å². The zero-order chi connectivity index (χ0) is 24.0. The van der Waals surface area contributed by atoms with E-state index in [4.69, 9.17) is 11.6 Å². The molecule has 0 radical (unpaired) electrons. The third-order valence-corrected chi connectivity index (χ3v) is 4.78. The summed E-state index contributed by atoms with van der Waals surface area (Å²) in [5, 5.41) is 5.95. The second-order valence-electron chi connectivity index (χ2n) is 7.31. The van der Waals surface area contributed by atoms with Crippen LogP contribution in [0, 0.1) is 0 Å². The summed E-state index contributed by atoms with van der Waals surface area (Å²) in [6.45, 7) is -1.24. The van der Waals surface area contributed by atoms with Crippen LogP contribution in [0.25, 0.3) is 0 Å². The van der Waals surface area contributed by atoms with Crippen molar-refractivity contribution in [3.8, 4) is 0 Å². The molecule has 0 fully saturated rings. The summed E-state index contributed by atoms with van der Waals surface area (Å²) in [4.78, 5) is 30.7. The normalized spacial score (nSPS) is 11.5. The third kappa shape index (κ3) is 7.33. The maximum absolute atomic E-state index is 12.7. The molecule has 0 aliphatic carbocycles. The van der Waals surface area contributed by atoms with E-state index in [0.29, 0.717) is 16.4 Å². The number of nitrogens with zero attached hydrogens (tertiary/aromatic N) is 3. The highest BCUT2D eigenvalue weighted by Gasteiger charge is 2.29. The Hall–Kier alpha value is -3.37. The third-order valence-electron chi connectivity index (χ3n) is 4.52. The van der Waals surface area contributed by atoms with Gasteiger partial charge in [-0.05, 0) is 43.4 Å². The summed E-state index contributed by atoms with van der Waals surface area (Å²) in [7, 11) is 1.59. The van der Waals surface area contributed by atoms with Crippen LogP contribution >= 0.6 is 11.6 Å². The molecule has 0 aliphatic rings. The molecule has 33 heavy (non-hydrogen) atoms. The zero-order valence-electron chi connectivity index (χ0n) is 17.6. The first-order valence-electron chi connectivity index (χ1n) is 9.82. The zero-order valence-corrected chi connectivity index (χ0v) is 18.3. The number of halogens is 4. The monoisotopic (exact) mass is 479 g/mol. The number of rotatable bonds is 8. The highest BCUT2D eigenvalue weighted by atomic mass is 35.5. The summed E-state index contributed by atoms with van der Waals surface area (Å²) in [5.41, 5.74) is 1.10. The number of aromatic nitrogens is 2. The van der Waals surface area contributed by atoms with Crippen molar-refractivity contribution >= 4 is 34.8 Å². The molecule has 1 heterocycles. The number of hydrogen-bond acceptors (Lipinski definition) is 4. The van der Waals surface area contributed by atoms with Gasteiger partial charge in [0.25, 0.3) is 5.91 Å². The molecule has 2 N–H and O–H groups in total. The van der Waals surface area contributed by atoms with Gasteiger partial charge in [-0.15, -0.1) is 0 Å². The van der Waals surface area contributed by atoms with E-state index in [1.165, 1.54) is 17.3 Å². The summed E-state index contributed by atoms with van der Waals surface area (Å²) in [6.07, 6.45) is -1.85. The molecule has 0 bridgehead atoms. The molecule has 1 aromatic heterocycles. The predicted octanol–water partition coefficient (Wildman–Crippen LogP) is 4.42. The summed E-state index contributed by atoms with van der Waals surface area (Å²) in [5.74, 6) is -0.667. The van der Waals surface area contributed by atoms with Gasteiger partial charge in [0.1, 0.15) is 12.4 Å². The van der Waals surface area contributed by atoms with Crippen molar-refractivity contribution in [2.75, 3.05) is 24.2 Å². The average molecular weight is 480 g/mol. The number of para-hydroxylation sites is 1. The Morgan fingerprint density at radius 2 is 1.79 bits per heavy atom. The molecular weight excluding hydrogens is 459 g/mol. The summed E-state index contributed by atoms with van der Waals surface area (Å²) >= 11 is 5.85. The molecule has 11 heteroatoms. The van der Waals surface area contributed by atoms with Gasteiger partial charge in [0, 0.05) is 23.1 Å². The molecule has 3 rings (SSSR count). The molecule has 0 atom stereocenters. The van der Waals surface area contributed by atoms with Crippen LogP contribution in [0.15, 0.2) is 60.9 Å². The van der Waals surface area contributed by atoms with Crippen molar-refractivity contribution in [3.63, 3.8) is 0 Å². The Labute approximate surface area is 193 Å². The van der Waals surface area contributed by atoms with E-state index in [2.05, 4.69) is 15.6 Å². The van der Waals surface area contributed by atoms with Gasteiger partial charge in [-0.2, -0.15) is 13.2 Å². The fourth-order valence-electron chi connectivity index (χ4n) is 3.08. The van der Waals surface area contributed by atoms with Crippen LogP contribution in [-0.4, -0.2) is 46.0 Å². The Kier molecular flexibility index (Phi) is 7.72. The summed E-state index contributed by atoms with van der Waals surface area (Å²) < 4.78 is 39.0. The molecule has 0 saturated carbocycles. The highest BCUT2D eigenvalue weighted by Crippen LogP contribution is 2.20. The van der Waals surface area contributed by atoms with Crippen LogP contribution in [0.3, 0.4) is 0 Å². The maximum Gasteiger partial charge on any atom is 0.406 e. The molecular formula is C22H21ClF3N5O2. The molecule has 0 unspecified atom stereocenters. The number of alkyl halides is 3. The number of hydrogen-bond donors (Lipinski definition) is 2. The van der Waals surface area contributed by atoms with Crippen molar-refractivity contribution in [2.45, 2.75) is 19.3 Å². The maximum atomic E-state index is 12.7. The Morgan fingerprint density at radius 1 is 1.09 bits per heavy atom. The molecule has 0 saturated heterocycles. The van der Waals surface area contributed by atoms with Gasteiger partial charge in [-0.3, -0.25) is 14.5 Å². The molecule has 2 amide bonds. The van der Waals surface area contributed by atoms with Crippen molar-refractivity contribution in [3.05, 3.63) is 77.3 Å². The largest absolute Gasteiger partial charge is 0.406 e. The highest BCUT2D eigenvalue weighted by molar-refractivity contribution is 6.30. The number of amides is 2. The number of imidazole rings is 1. The number of benzene rings is 2. The minimum atomic E-state index is -4.37. The topological polar surface area (TPSA) is 79.3 Å². The first-order valence-corrected chi connectivity index (χ1v) is 10.2. The Bertz CT molecular complexity index is 1120. The lowest BCUT2D eigenvalue weighted by molar-refractivity contribution is -0.141. The molecule has 174 valence electrons. The number of carbonyl (C=O) groups is 2. The van der Waals surface area contributed by atoms with Crippen molar-refractivity contribution < 1.29 is 22.8 Å². The van der Waals surface area contributed by atoms with Gasteiger partial charge in [0.2, 0.25) is 5.91 Å². The average Bonchev–Trinajstić information content (AvgIpc) is 3.14. The van der Waals surface area contributed by atoms with Crippen molar-refractivity contribution in [1.29, 1.82) is 0 Å². The summed E-state index contributed by atoms with van der Waals surface area (Å²) in [6, 6.07) is 13.1. The van der Waals surface area contributed by atoms with Crippen LogP contribution in [0.1, 0.15) is 16.2 Å². The standard InChI is InChI=1S/C22H21ClF3N5O2/c1-30(12-19-27-10-11-31(19)14-22(24,25)26)13-20(32)29-18-5-3-2-4-17(18)21(33)28-16-8-6-15(23)7-9-16/h2-11H,12-14H2,1H3,(H,28,33)(H,29,32). The molecule has 7 nitrogen and oxygen atoms in total. The van der Waals surface area contributed by atoms with E-state index >= 15 is 0 Å². The number of carbonyl (C=O) groups excluding carboxylic acids is 2. The Balaban J connectivity index is 1.61. The van der Waals surface area contributed by atoms with E-state index in [0.717, 1.165) is 4.57 Å². The van der Waals surface area contributed by atoms with Gasteiger partial charge in [0.15, 0.2) is 0 Å². The fourth-order valence-corrected chi connectivity index (χ4v) is 3.21. The smallest absolute Gasteiger partial charge is 0.325 e. The van der Waals surface area contributed by atoms with E-state index in [-0.39, 0.29) is 24.5 Å². The minimum Gasteiger partial charge on any atom is -0.325 e. The van der Waals surface area contributed by atoms with E-state index in [1.807, 2.05) is 0 Å². The second kappa shape index (κ2) is 10.5. The molecule has 2 aromatic carbocycles. The first kappa shape index (κ1) is 24.3. The predicted molar refractivity (Wildman–Crippen MR) is 119 cm³/mol. The van der Waals surface area contributed by atoms with Crippen LogP contribution in [0.5, 0.6) is 0 Å². The van der Waals surface area contributed by atoms with Gasteiger partial charge < -0.3 is 15.2 Å². The lowest BCUT2D eigenvalue weighted by atomic mass is 10.1. The van der Waals surface area contributed by atoms with Gasteiger partial charge in [-0.25, -0.2) is 4.98 Å².